The molecule has 0 saturated heterocycles. The van der Waals surface area contributed by atoms with Crippen LogP contribution >= 0.6 is 11.6 Å². The number of aromatic amines is 1. The van der Waals surface area contributed by atoms with E-state index in [4.69, 9.17) is 11.6 Å². The Labute approximate surface area is 127 Å². The fourth-order valence-corrected chi connectivity index (χ4v) is 2.19. The fourth-order valence-electron chi connectivity index (χ4n) is 2.02. The lowest BCUT2D eigenvalue weighted by Crippen LogP contribution is -2.33. The Morgan fingerprint density at radius 3 is 2.71 bits per heavy atom. The molecular weight excluding hydrogens is 292 g/mol. The minimum atomic E-state index is -0.419. The SMILES string of the molecule is CC(C)[C@H](NC(=O)c1c[nH]c(=O)c(Cl)c1)c1nccn1C. The second kappa shape index (κ2) is 6.13. The molecule has 7 heteroatoms. The van der Waals surface area contributed by atoms with E-state index in [1.54, 1.807) is 6.20 Å². The molecule has 1 atom stereocenters. The number of halogens is 1. The number of carbonyl (C=O) groups is 1. The van der Waals surface area contributed by atoms with Crippen molar-refractivity contribution in [1.29, 1.82) is 0 Å². The molecule has 0 saturated carbocycles. The van der Waals surface area contributed by atoms with Crippen LogP contribution in [0.25, 0.3) is 0 Å². The third-order valence-electron chi connectivity index (χ3n) is 3.21. The Balaban J connectivity index is 2.25. The number of amides is 1. The Morgan fingerprint density at radius 1 is 1.48 bits per heavy atom. The highest BCUT2D eigenvalue weighted by atomic mass is 35.5. The maximum atomic E-state index is 12.3. The molecule has 6 nitrogen and oxygen atoms in total. The van der Waals surface area contributed by atoms with E-state index in [-0.39, 0.29) is 22.9 Å². The van der Waals surface area contributed by atoms with Crippen molar-refractivity contribution in [3.8, 4) is 0 Å². The molecule has 0 unspecified atom stereocenters. The van der Waals surface area contributed by atoms with Crippen molar-refractivity contribution in [1.82, 2.24) is 19.9 Å². The predicted octanol–water partition coefficient (Wildman–Crippen LogP) is 1.89. The number of rotatable bonds is 4. The van der Waals surface area contributed by atoms with Gasteiger partial charge in [0, 0.05) is 25.6 Å². The average molecular weight is 309 g/mol. The summed E-state index contributed by atoms with van der Waals surface area (Å²) in [6.45, 7) is 4.00. The first-order valence-electron chi connectivity index (χ1n) is 6.56. The zero-order valence-corrected chi connectivity index (χ0v) is 12.8. The van der Waals surface area contributed by atoms with Crippen LogP contribution in [0.3, 0.4) is 0 Å². The van der Waals surface area contributed by atoms with E-state index in [9.17, 15) is 9.59 Å². The van der Waals surface area contributed by atoms with Gasteiger partial charge in [-0.2, -0.15) is 0 Å². The second-order valence-electron chi connectivity index (χ2n) is 5.16. The van der Waals surface area contributed by atoms with Crippen LogP contribution < -0.4 is 10.9 Å². The maximum absolute atomic E-state index is 12.3. The Bertz CT molecular complexity index is 705. The van der Waals surface area contributed by atoms with Crippen LogP contribution in [0.4, 0.5) is 0 Å². The second-order valence-corrected chi connectivity index (χ2v) is 5.56. The predicted molar refractivity (Wildman–Crippen MR) is 80.3 cm³/mol. The number of carbonyl (C=O) groups excluding carboxylic acids is 1. The number of aromatic nitrogens is 3. The monoisotopic (exact) mass is 308 g/mol. The van der Waals surface area contributed by atoms with E-state index in [0.29, 0.717) is 5.56 Å². The van der Waals surface area contributed by atoms with Crippen molar-refractivity contribution < 1.29 is 4.79 Å². The van der Waals surface area contributed by atoms with E-state index in [1.807, 2.05) is 31.7 Å². The normalized spacial score (nSPS) is 12.4. The number of hydrogen-bond acceptors (Lipinski definition) is 3. The van der Waals surface area contributed by atoms with Crippen LogP contribution in [-0.2, 0) is 7.05 Å². The molecule has 2 aromatic heterocycles. The van der Waals surface area contributed by atoms with Gasteiger partial charge in [-0.1, -0.05) is 25.4 Å². The van der Waals surface area contributed by atoms with Crippen LogP contribution in [0.2, 0.25) is 5.02 Å². The van der Waals surface area contributed by atoms with Gasteiger partial charge in [-0.15, -0.1) is 0 Å². The molecular formula is C14H17ClN4O2. The van der Waals surface area contributed by atoms with Gasteiger partial charge in [-0.25, -0.2) is 4.98 Å². The first-order valence-corrected chi connectivity index (χ1v) is 6.94. The number of hydrogen-bond donors (Lipinski definition) is 2. The minimum absolute atomic E-state index is 0.0132. The zero-order chi connectivity index (χ0) is 15.6. The number of pyridine rings is 1. The van der Waals surface area contributed by atoms with Gasteiger partial charge in [0.2, 0.25) is 0 Å². The van der Waals surface area contributed by atoms with Crippen LogP contribution in [0.1, 0.15) is 36.1 Å². The Kier molecular flexibility index (Phi) is 4.47. The average Bonchev–Trinajstić information content (AvgIpc) is 2.84. The Hall–Kier alpha value is -2.08. The van der Waals surface area contributed by atoms with E-state index in [2.05, 4.69) is 15.3 Å². The van der Waals surface area contributed by atoms with Crippen LogP contribution in [-0.4, -0.2) is 20.4 Å². The van der Waals surface area contributed by atoms with Crippen molar-refractivity contribution in [2.75, 3.05) is 0 Å². The number of imidazole rings is 1. The highest BCUT2D eigenvalue weighted by molar-refractivity contribution is 6.30. The first-order chi connectivity index (χ1) is 9.90. The number of H-pyrrole nitrogens is 1. The zero-order valence-electron chi connectivity index (χ0n) is 12.1. The van der Waals surface area contributed by atoms with Gasteiger partial charge in [0.05, 0.1) is 11.6 Å². The maximum Gasteiger partial charge on any atom is 0.266 e. The summed E-state index contributed by atoms with van der Waals surface area (Å²) in [5, 5.41) is 2.91. The molecule has 0 spiro atoms. The summed E-state index contributed by atoms with van der Waals surface area (Å²) < 4.78 is 1.87. The largest absolute Gasteiger partial charge is 0.342 e. The number of nitrogens with zero attached hydrogens (tertiary/aromatic N) is 2. The van der Waals surface area contributed by atoms with Gasteiger partial charge >= 0.3 is 0 Å². The quantitative estimate of drug-likeness (QED) is 0.905. The molecule has 0 bridgehead atoms. The topological polar surface area (TPSA) is 79.8 Å². The molecule has 0 aliphatic rings. The van der Waals surface area contributed by atoms with Crippen molar-refractivity contribution in [2.24, 2.45) is 13.0 Å². The lowest BCUT2D eigenvalue weighted by atomic mass is 10.0. The molecule has 0 aliphatic carbocycles. The molecule has 2 heterocycles. The molecule has 1 amide bonds. The van der Waals surface area contributed by atoms with Gasteiger partial charge in [-0.3, -0.25) is 9.59 Å². The summed E-state index contributed by atoms with van der Waals surface area (Å²) in [5.74, 6) is 0.622. The Morgan fingerprint density at radius 2 is 2.19 bits per heavy atom. The number of aryl methyl sites for hydroxylation is 1. The van der Waals surface area contributed by atoms with E-state index in [1.165, 1.54) is 12.3 Å². The van der Waals surface area contributed by atoms with Gasteiger partial charge in [0.25, 0.3) is 11.5 Å². The third kappa shape index (κ3) is 3.33. The molecule has 0 aromatic carbocycles. The fraction of sp³-hybridized carbons (Fsp3) is 0.357. The molecule has 112 valence electrons. The third-order valence-corrected chi connectivity index (χ3v) is 3.49. The molecule has 2 N–H and O–H groups in total. The summed E-state index contributed by atoms with van der Waals surface area (Å²) >= 11 is 5.74. The van der Waals surface area contributed by atoms with Crippen molar-refractivity contribution in [3.63, 3.8) is 0 Å². The smallest absolute Gasteiger partial charge is 0.266 e. The van der Waals surface area contributed by atoms with Gasteiger partial charge in [0.1, 0.15) is 10.8 Å². The lowest BCUT2D eigenvalue weighted by molar-refractivity contribution is 0.0922. The van der Waals surface area contributed by atoms with E-state index < -0.39 is 5.56 Å². The highest BCUT2D eigenvalue weighted by Gasteiger charge is 2.22. The van der Waals surface area contributed by atoms with Gasteiger partial charge < -0.3 is 14.9 Å². The first kappa shape index (κ1) is 15.3. The summed E-state index contributed by atoms with van der Waals surface area (Å²) in [6, 6.07) is 1.12. The van der Waals surface area contributed by atoms with Gasteiger partial charge in [0.15, 0.2) is 0 Å². The van der Waals surface area contributed by atoms with Gasteiger partial charge in [-0.05, 0) is 12.0 Å². The summed E-state index contributed by atoms with van der Waals surface area (Å²) in [4.78, 5) is 30.2. The highest BCUT2D eigenvalue weighted by Crippen LogP contribution is 2.20. The molecule has 2 rings (SSSR count). The van der Waals surface area contributed by atoms with Crippen molar-refractivity contribution in [3.05, 3.63) is 51.4 Å². The van der Waals surface area contributed by atoms with Crippen LogP contribution in [0.15, 0.2) is 29.5 Å². The van der Waals surface area contributed by atoms with Crippen LogP contribution in [0.5, 0.6) is 0 Å². The summed E-state index contributed by atoms with van der Waals surface area (Å²) in [6.07, 6.45) is 4.86. The molecule has 0 radical (unpaired) electrons. The van der Waals surface area contributed by atoms with Crippen molar-refractivity contribution in [2.45, 2.75) is 19.9 Å². The molecule has 21 heavy (non-hydrogen) atoms. The number of nitrogens with one attached hydrogen (secondary N) is 2. The molecule has 0 fully saturated rings. The van der Waals surface area contributed by atoms with Crippen LogP contribution in [0, 0.1) is 5.92 Å². The lowest BCUT2D eigenvalue weighted by Gasteiger charge is -2.22. The standard InChI is InChI=1S/C14H17ClN4O2/c1-8(2)11(12-16-4-5-19(12)3)18-13(20)9-6-10(15)14(21)17-7-9/h4-8,11H,1-3H3,(H,17,21)(H,18,20)/t11-/m0/s1. The summed E-state index contributed by atoms with van der Waals surface area (Å²) in [5.41, 5.74) is -0.114. The minimum Gasteiger partial charge on any atom is -0.342 e. The van der Waals surface area contributed by atoms with E-state index in [0.717, 1.165) is 5.82 Å². The molecule has 2 aromatic rings. The van der Waals surface area contributed by atoms with E-state index >= 15 is 0 Å². The summed E-state index contributed by atoms with van der Waals surface area (Å²) in [7, 11) is 1.88. The van der Waals surface area contributed by atoms with Crippen molar-refractivity contribution >= 4 is 17.5 Å². The molecule has 0 aliphatic heterocycles.